The van der Waals surface area contributed by atoms with Gasteiger partial charge in [0.05, 0.1) is 31.6 Å². The number of aliphatic hydroxyl groups is 1. The van der Waals surface area contributed by atoms with Gasteiger partial charge in [-0.05, 0) is 77.9 Å². The summed E-state index contributed by atoms with van der Waals surface area (Å²) in [7, 11) is 0. The first-order valence-corrected chi connectivity index (χ1v) is 24.0. The number of unbranched alkanes of at least 4 members (excludes halogenated alkanes) is 2. The van der Waals surface area contributed by atoms with Crippen molar-refractivity contribution >= 4 is 59.2 Å². The van der Waals surface area contributed by atoms with Crippen LogP contribution in [0.1, 0.15) is 76.8 Å². The molecule has 1 aromatic heterocycles. The van der Waals surface area contributed by atoms with Crippen LogP contribution in [0.5, 0.6) is 0 Å². The maximum atomic E-state index is 15.3. The second-order valence-corrected chi connectivity index (χ2v) is 17.5. The van der Waals surface area contributed by atoms with Gasteiger partial charge in [-0.3, -0.25) is 43.8 Å². The molecule has 2 heterocycles. The van der Waals surface area contributed by atoms with E-state index in [-0.39, 0.29) is 76.2 Å². The molecule has 0 spiro atoms. The first kappa shape index (κ1) is 63.2. The third-order valence-corrected chi connectivity index (χ3v) is 11.4. The van der Waals surface area contributed by atoms with Gasteiger partial charge in [-0.25, -0.2) is 18.6 Å². The number of hydrogen-bond donors (Lipinski definition) is 18. The quantitative estimate of drug-likeness (QED) is 0.0132. The highest BCUT2D eigenvalue weighted by molar-refractivity contribution is 5.99. The Morgan fingerprint density at radius 1 is 0.838 bits per heavy atom. The summed E-state index contributed by atoms with van der Waals surface area (Å²) in [6.07, 6.45) is 2.44. The van der Waals surface area contributed by atoms with Crippen LogP contribution in [0.3, 0.4) is 0 Å². The van der Waals surface area contributed by atoms with Crippen molar-refractivity contribution in [3.63, 3.8) is 0 Å². The molecule has 29 nitrogen and oxygen atoms in total. The lowest BCUT2D eigenvalue weighted by Crippen LogP contribution is -2.60. The van der Waals surface area contributed by atoms with Crippen molar-refractivity contribution in [3.05, 3.63) is 30.0 Å². The molecule has 8 amide bonds. The molecule has 0 aromatic carbocycles. The number of H-pyrrole nitrogens is 1. The van der Waals surface area contributed by atoms with Crippen LogP contribution in [0.15, 0.2) is 24.3 Å². The zero-order chi connectivity index (χ0) is 55.5. The molecule has 0 aliphatic carbocycles. The summed E-state index contributed by atoms with van der Waals surface area (Å²) in [4.78, 5) is 127. The fourth-order valence-electron chi connectivity index (χ4n) is 7.33. The Morgan fingerprint density at radius 3 is 2.08 bits per heavy atom. The van der Waals surface area contributed by atoms with E-state index in [0.29, 0.717) is 30.7 Å². The molecule has 416 valence electrons. The van der Waals surface area contributed by atoms with Gasteiger partial charge >= 0.3 is 5.97 Å². The van der Waals surface area contributed by atoms with Crippen LogP contribution in [0.25, 0.3) is 0 Å². The first-order chi connectivity index (χ1) is 35.0. The van der Waals surface area contributed by atoms with Crippen molar-refractivity contribution in [3.8, 4) is 0 Å². The number of aromatic nitrogens is 2. The van der Waals surface area contributed by atoms with E-state index in [1.54, 1.807) is 0 Å². The summed E-state index contributed by atoms with van der Waals surface area (Å²) in [6.45, 7) is -0.705. The molecular formula is C43H74F2N18O11. The van der Waals surface area contributed by atoms with E-state index >= 15 is 8.78 Å². The Bertz CT molecular complexity index is 2090. The number of halogens is 2. The Labute approximate surface area is 425 Å². The minimum absolute atomic E-state index is 0.0175. The topological polar surface area (TPSA) is 502 Å². The van der Waals surface area contributed by atoms with Crippen LogP contribution in [0.2, 0.25) is 0 Å². The smallest absolute Gasteiger partial charge is 0.352 e. The zero-order valence-corrected chi connectivity index (χ0v) is 41.3. The summed E-state index contributed by atoms with van der Waals surface area (Å²) in [5, 5.41) is 46.2. The number of nitrogens with zero attached hydrogens (tertiary/aromatic N) is 2. The number of carboxylic acids is 1. The molecule has 8 atom stereocenters. The maximum absolute atomic E-state index is 15.3. The number of aromatic amines is 1. The largest absolute Gasteiger partial charge is 0.477 e. The van der Waals surface area contributed by atoms with Crippen molar-refractivity contribution in [1.29, 1.82) is 5.41 Å². The number of rotatable bonds is 34. The minimum atomic E-state index is -3.64. The molecule has 1 saturated heterocycles. The molecule has 1 aromatic rings. The highest BCUT2D eigenvalue weighted by Crippen LogP contribution is 2.33. The van der Waals surface area contributed by atoms with Crippen LogP contribution in [-0.2, 0) is 49.6 Å². The Balaban J connectivity index is 2.27. The van der Waals surface area contributed by atoms with E-state index in [1.807, 2.05) is 0 Å². The fourth-order valence-corrected chi connectivity index (χ4v) is 7.33. The van der Waals surface area contributed by atoms with Gasteiger partial charge in [-0.1, -0.05) is 12.5 Å². The molecule has 1 aliphatic rings. The molecule has 0 unspecified atom stereocenters. The third kappa shape index (κ3) is 22.0. The van der Waals surface area contributed by atoms with Gasteiger partial charge in [0.1, 0.15) is 41.9 Å². The number of carbonyl (C=O) groups excluding carboxylic acids is 8. The summed E-state index contributed by atoms with van der Waals surface area (Å²) < 4.78 is 30.5. The predicted octanol–water partition coefficient (Wildman–Crippen LogP) is -6.65. The van der Waals surface area contributed by atoms with Gasteiger partial charge in [-0.15, -0.1) is 0 Å². The average Bonchev–Trinajstić information content (AvgIpc) is 3.99. The van der Waals surface area contributed by atoms with Crippen molar-refractivity contribution in [2.75, 3.05) is 45.8 Å². The number of aliphatic hydroxyl groups excluding tert-OH is 1. The Hall–Kier alpha value is -6.93. The van der Waals surface area contributed by atoms with Crippen LogP contribution >= 0.6 is 0 Å². The van der Waals surface area contributed by atoms with E-state index in [2.05, 4.69) is 52.5 Å². The molecule has 24 N–H and O–H groups in total. The molecule has 0 radical (unpaired) electrons. The number of carbonyl (C=O) groups is 9. The lowest BCUT2D eigenvalue weighted by molar-refractivity contribution is -0.142. The van der Waals surface area contributed by atoms with E-state index < -0.39 is 139 Å². The van der Waals surface area contributed by atoms with Crippen molar-refractivity contribution < 1.29 is 62.1 Å². The predicted molar refractivity (Wildman–Crippen MR) is 261 cm³/mol. The number of aliphatic carboxylic acids is 1. The Morgan fingerprint density at radius 2 is 1.49 bits per heavy atom. The second kappa shape index (κ2) is 32.3. The number of guanidine groups is 1. The zero-order valence-electron chi connectivity index (χ0n) is 41.3. The summed E-state index contributed by atoms with van der Waals surface area (Å²) in [5.41, 5.74) is 33.2. The van der Waals surface area contributed by atoms with Gasteiger partial charge in [0, 0.05) is 37.8 Å². The van der Waals surface area contributed by atoms with Gasteiger partial charge < -0.3 is 97.0 Å². The molecule has 74 heavy (non-hydrogen) atoms. The van der Waals surface area contributed by atoms with Gasteiger partial charge in [0.2, 0.25) is 47.3 Å². The van der Waals surface area contributed by atoms with Crippen molar-refractivity contribution in [1.82, 2.24) is 57.4 Å². The lowest BCUT2D eigenvalue weighted by Gasteiger charge is -2.30. The first-order valence-electron chi connectivity index (χ1n) is 24.0. The number of imidazole rings is 1. The third-order valence-electron chi connectivity index (χ3n) is 11.4. The summed E-state index contributed by atoms with van der Waals surface area (Å²) in [6, 6.07) is -10.6. The van der Waals surface area contributed by atoms with E-state index in [9.17, 15) is 53.4 Å². The molecule has 31 heteroatoms. The number of nitrogens with two attached hydrogens (primary N) is 6. The normalized spacial score (nSPS) is 17.0. The summed E-state index contributed by atoms with van der Waals surface area (Å²) >= 11 is 0. The molecule has 2 rings (SSSR count). The van der Waals surface area contributed by atoms with Gasteiger partial charge in [0.25, 0.3) is 5.92 Å². The van der Waals surface area contributed by atoms with Crippen molar-refractivity contribution in [2.24, 2.45) is 34.4 Å². The van der Waals surface area contributed by atoms with E-state index in [1.165, 1.54) is 19.4 Å². The standard InChI is InChI=1S/C43H74F2N18O11/c1-23(57-39(71)33(31(64)18-49)62-35(67)25(50)8-2-4-12-46)34(66)55-20-32(65)58-27(10-6-14-48)40(72)63-21-43(44,45)17-30(63)38(70)61-29(16-24-19-53-22-56-24)37(69)59-26(9-3-5-13-47)36(68)60-28(41(73)74)11-7-15-54-42(51)52/h11,19,22-23,25-27,29-31,33,64H,2-10,12-18,20-21,46-50H2,1H3,(H,53,56)(H,55,66)(H,57,71)(H,58,65)(H,59,69)(H,60,68)(H,61,70)(H,62,67)(H,73,74)(H4,51,52,54)/b28-11-/t23-,25-,26-,27+,29-,30-,31-,33-/m0/s1. The second-order valence-electron chi connectivity index (χ2n) is 17.5. The fraction of sp³-hybridized carbons (Fsp3) is 0.651. The SMILES string of the molecule is C[C@H](NC(=O)[C@@H](NC(=O)[C@@H](N)CCCCN)[C@@H](O)CN)C(=O)NCC(=O)N[C@H](CCCN)C(=O)N1CC(F)(F)C[C@H]1C(=O)N[C@@H](Cc1cnc[nH]1)C(=O)N[C@@H](CCCCN)C(=O)N/C(=C\CCNC(=N)N)C(=O)O. The number of likely N-dealkylation sites (tertiary alicyclic amines) is 1. The molecule has 0 bridgehead atoms. The van der Waals surface area contributed by atoms with Crippen LogP contribution in [0, 0.1) is 5.41 Å². The van der Waals surface area contributed by atoms with Gasteiger partial charge in [0.15, 0.2) is 5.96 Å². The monoisotopic (exact) mass is 1060 g/mol. The number of amides is 8. The number of nitrogens with one attached hydrogen (secondary N) is 10. The lowest BCUT2D eigenvalue weighted by atomic mass is 10.0. The Kier molecular flexibility index (Phi) is 27.6. The number of carboxylic acid groups (broad SMARTS) is 1. The van der Waals surface area contributed by atoms with Crippen molar-refractivity contribution in [2.45, 2.75) is 132 Å². The summed E-state index contributed by atoms with van der Waals surface area (Å²) in [5.74, 6) is -13.6. The average molecular weight is 1060 g/mol. The van der Waals surface area contributed by atoms with E-state index in [4.69, 9.17) is 39.8 Å². The van der Waals surface area contributed by atoms with Crippen LogP contribution in [-0.4, -0.2) is 184 Å². The highest BCUT2D eigenvalue weighted by atomic mass is 19.3. The molecule has 1 fully saturated rings. The number of hydrogen-bond acceptors (Lipinski definition) is 17. The number of alkyl halides is 2. The van der Waals surface area contributed by atoms with Crippen LogP contribution in [0.4, 0.5) is 8.78 Å². The van der Waals surface area contributed by atoms with Gasteiger partial charge in [-0.2, -0.15) is 0 Å². The molecule has 0 saturated carbocycles. The molecular weight excluding hydrogens is 983 g/mol. The highest BCUT2D eigenvalue weighted by Gasteiger charge is 2.51. The molecule has 1 aliphatic heterocycles. The van der Waals surface area contributed by atoms with Crippen LogP contribution < -0.4 is 76.9 Å². The van der Waals surface area contributed by atoms with E-state index in [0.717, 1.165) is 6.08 Å². The maximum Gasteiger partial charge on any atom is 0.352 e. The minimum Gasteiger partial charge on any atom is -0.477 e.